The molecule has 1 amide bonds. The number of halogens is 1. The highest BCUT2D eigenvalue weighted by Gasteiger charge is 2.55. The summed E-state index contributed by atoms with van der Waals surface area (Å²) in [5, 5.41) is 0. The van der Waals surface area contributed by atoms with Gasteiger partial charge in [-0.1, -0.05) is 0 Å². The monoisotopic (exact) mass is 504 g/mol. The Labute approximate surface area is 196 Å². The van der Waals surface area contributed by atoms with Crippen LogP contribution in [0.4, 0.5) is 0 Å². The van der Waals surface area contributed by atoms with E-state index in [2.05, 4.69) is 0 Å². The first-order chi connectivity index (χ1) is 14.9. The van der Waals surface area contributed by atoms with E-state index >= 15 is 0 Å². The molecule has 32 heavy (non-hydrogen) atoms. The van der Waals surface area contributed by atoms with E-state index < -0.39 is 27.1 Å². The van der Waals surface area contributed by atoms with Crippen LogP contribution < -0.4 is 0 Å². The number of nitrogens with zero attached hydrogens (tertiary/aromatic N) is 2. The summed E-state index contributed by atoms with van der Waals surface area (Å²) in [6.45, 7) is 11.2. The Morgan fingerprint density at radius 2 is 1.16 bits per heavy atom. The first kappa shape index (κ1) is 29.5. The van der Waals surface area contributed by atoms with Gasteiger partial charge in [0.2, 0.25) is 5.91 Å². The standard InChI is InChI=1S/C19H37ClN2O9S/c1-18(2)17(23)21(19(3,4)22(18)20)5-6-27-7-8-28-9-10-29-11-12-30-13-14-31-15-16-32(24,25)26/h5-16H2,1-4H3,(H,24,25,26). The Kier molecular flexibility index (Phi) is 12.9. The van der Waals surface area contributed by atoms with Crippen molar-refractivity contribution in [1.82, 2.24) is 9.32 Å². The van der Waals surface area contributed by atoms with Crippen molar-refractivity contribution in [2.45, 2.75) is 38.9 Å². The fraction of sp³-hybridized carbons (Fsp3) is 0.947. The van der Waals surface area contributed by atoms with Crippen LogP contribution in [-0.4, -0.2) is 118 Å². The zero-order chi connectivity index (χ0) is 24.3. The molecule has 1 saturated heterocycles. The molecule has 0 aliphatic carbocycles. The molecular weight excluding hydrogens is 468 g/mol. The van der Waals surface area contributed by atoms with E-state index in [1.165, 1.54) is 0 Å². The fourth-order valence-corrected chi connectivity index (χ4v) is 3.62. The van der Waals surface area contributed by atoms with E-state index in [9.17, 15) is 13.2 Å². The molecule has 1 fully saturated rings. The van der Waals surface area contributed by atoms with Gasteiger partial charge in [0.05, 0.1) is 71.8 Å². The molecule has 0 atom stereocenters. The molecule has 1 aliphatic heterocycles. The van der Waals surface area contributed by atoms with Gasteiger partial charge in [0, 0.05) is 6.54 Å². The molecule has 0 saturated carbocycles. The zero-order valence-electron chi connectivity index (χ0n) is 19.4. The van der Waals surface area contributed by atoms with E-state index in [0.717, 1.165) is 0 Å². The third-order valence-corrected chi connectivity index (χ3v) is 6.35. The van der Waals surface area contributed by atoms with E-state index in [0.29, 0.717) is 59.4 Å². The molecule has 0 aromatic carbocycles. The van der Waals surface area contributed by atoms with Gasteiger partial charge in [-0.2, -0.15) is 12.8 Å². The Bertz CT molecular complexity index is 661. The molecular formula is C19H37ClN2O9S. The van der Waals surface area contributed by atoms with Crippen molar-refractivity contribution in [3.05, 3.63) is 0 Å². The molecule has 1 N–H and O–H groups in total. The predicted molar refractivity (Wildman–Crippen MR) is 118 cm³/mol. The zero-order valence-corrected chi connectivity index (χ0v) is 21.0. The Morgan fingerprint density at radius 1 is 0.781 bits per heavy atom. The van der Waals surface area contributed by atoms with Crippen LogP contribution in [0.2, 0.25) is 0 Å². The summed E-state index contributed by atoms with van der Waals surface area (Å²) in [4.78, 5) is 14.3. The fourth-order valence-electron chi connectivity index (χ4n) is 3.13. The van der Waals surface area contributed by atoms with E-state index in [-0.39, 0.29) is 19.1 Å². The average Bonchev–Trinajstić information content (AvgIpc) is 2.81. The van der Waals surface area contributed by atoms with Gasteiger partial charge in [0.25, 0.3) is 10.1 Å². The molecule has 11 nitrogen and oxygen atoms in total. The summed E-state index contributed by atoms with van der Waals surface area (Å²) >= 11 is 6.33. The quantitative estimate of drug-likeness (QED) is 0.162. The van der Waals surface area contributed by atoms with Crippen molar-refractivity contribution in [2.75, 3.05) is 78.4 Å². The second kappa shape index (κ2) is 14.0. The minimum atomic E-state index is -3.98. The highest BCUT2D eigenvalue weighted by molar-refractivity contribution is 7.85. The van der Waals surface area contributed by atoms with Crippen LogP contribution in [0.15, 0.2) is 0 Å². The smallest absolute Gasteiger partial charge is 0.267 e. The SMILES string of the molecule is CC1(C)C(=O)N(CCOCCOCCOCCOCCOCCS(=O)(=O)O)C(C)(C)N1Cl. The van der Waals surface area contributed by atoms with Gasteiger partial charge in [-0.25, -0.2) is 0 Å². The Morgan fingerprint density at radius 3 is 1.50 bits per heavy atom. The number of ether oxygens (including phenoxy) is 5. The maximum Gasteiger partial charge on any atom is 0.267 e. The maximum atomic E-state index is 12.5. The largest absolute Gasteiger partial charge is 0.378 e. The lowest BCUT2D eigenvalue weighted by atomic mass is 10.1. The van der Waals surface area contributed by atoms with E-state index in [4.69, 9.17) is 40.0 Å². The van der Waals surface area contributed by atoms with Crippen LogP contribution in [0.5, 0.6) is 0 Å². The molecule has 13 heteroatoms. The lowest BCUT2D eigenvalue weighted by molar-refractivity contribution is -0.134. The van der Waals surface area contributed by atoms with Crippen molar-refractivity contribution < 1.29 is 41.4 Å². The van der Waals surface area contributed by atoms with E-state index in [1.807, 2.05) is 13.8 Å². The summed E-state index contributed by atoms with van der Waals surface area (Å²) in [5.41, 5.74) is -1.34. The summed E-state index contributed by atoms with van der Waals surface area (Å²) in [5.74, 6) is -0.453. The molecule has 0 unspecified atom stereocenters. The molecule has 0 radical (unpaired) electrons. The van der Waals surface area contributed by atoms with Crippen molar-refractivity contribution >= 4 is 27.8 Å². The van der Waals surface area contributed by atoms with Crippen LogP contribution >= 0.6 is 11.8 Å². The first-order valence-corrected chi connectivity index (χ1v) is 12.5. The third kappa shape index (κ3) is 10.1. The molecule has 1 aliphatic rings. The average molecular weight is 505 g/mol. The molecule has 0 aromatic heterocycles. The normalized spacial score (nSPS) is 18.6. The molecule has 1 rings (SSSR count). The van der Waals surface area contributed by atoms with Gasteiger partial charge in [-0.05, 0) is 39.5 Å². The Balaban J connectivity index is 1.90. The molecule has 190 valence electrons. The van der Waals surface area contributed by atoms with Crippen molar-refractivity contribution in [3.63, 3.8) is 0 Å². The van der Waals surface area contributed by atoms with Crippen LogP contribution in [0, 0.1) is 0 Å². The van der Waals surface area contributed by atoms with Gasteiger partial charge in [0.15, 0.2) is 0 Å². The summed E-state index contributed by atoms with van der Waals surface area (Å²) < 4.78 is 57.7. The van der Waals surface area contributed by atoms with Crippen LogP contribution in [0.1, 0.15) is 27.7 Å². The lowest BCUT2D eigenvalue weighted by Gasteiger charge is -2.35. The highest BCUT2D eigenvalue weighted by Crippen LogP contribution is 2.39. The first-order valence-electron chi connectivity index (χ1n) is 10.5. The summed E-state index contributed by atoms with van der Waals surface area (Å²) in [6.07, 6.45) is 0. The van der Waals surface area contributed by atoms with Crippen molar-refractivity contribution in [2.24, 2.45) is 0 Å². The second-order valence-corrected chi connectivity index (χ2v) is 10.0. The highest BCUT2D eigenvalue weighted by atomic mass is 35.5. The molecule has 1 heterocycles. The second-order valence-electron chi connectivity index (χ2n) is 8.14. The van der Waals surface area contributed by atoms with Crippen LogP contribution in [0.25, 0.3) is 0 Å². The van der Waals surface area contributed by atoms with Gasteiger partial charge in [-0.3, -0.25) is 9.35 Å². The maximum absolute atomic E-state index is 12.5. The minimum Gasteiger partial charge on any atom is -0.378 e. The lowest BCUT2D eigenvalue weighted by Crippen LogP contribution is -2.47. The number of hydrogen-bond donors (Lipinski definition) is 1. The van der Waals surface area contributed by atoms with Gasteiger partial charge in [0.1, 0.15) is 11.2 Å². The van der Waals surface area contributed by atoms with Crippen molar-refractivity contribution in [3.8, 4) is 0 Å². The number of carbonyl (C=O) groups is 1. The van der Waals surface area contributed by atoms with Gasteiger partial charge >= 0.3 is 0 Å². The molecule has 0 aromatic rings. The number of amides is 1. The third-order valence-electron chi connectivity index (χ3n) is 4.83. The molecule has 0 spiro atoms. The predicted octanol–water partition coefficient (Wildman–Crippen LogP) is 0.770. The number of carbonyl (C=O) groups excluding carboxylic acids is 1. The summed E-state index contributed by atoms with van der Waals surface area (Å²) in [6, 6.07) is 0. The number of rotatable bonds is 18. The van der Waals surface area contributed by atoms with Crippen molar-refractivity contribution in [1.29, 1.82) is 0 Å². The topological polar surface area (TPSA) is 124 Å². The van der Waals surface area contributed by atoms with E-state index in [1.54, 1.807) is 23.2 Å². The number of hydrogen-bond acceptors (Lipinski definition) is 9. The van der Waals surface area contributed by atoms with Gasteiger partial charge < -0.3 is 28.6 Å². The van der Waals surface area contributed by atoms with Crippen LogP contribution in [-0.2, 0) is 38.6 Å². The minimum absolute atomic E-state index is 0.0249. The Hall–Kier alpha value is -0.570. The van der Waals surface area contributed by atoms with Crippen LogP contribution in [0.3, 0.4) is 0 Å². The van der Waals surface area contributed by atoms with Gasteiger partial charge in [-0.15, -0.1) is 0 Å². The summed E-state index contributed by atoms with van der Waals surface area (Å²) in [7, 11) is -3.98. The molecule has 0 bridgehead atoms.